The van der Waals surface area contributed by atoms with E-state index in [1.807, 2.05) is 13.0 Å². The fourth-order valence-corrected chi connectivity index (χ4v) is 1.14. The van der Waals surface area contributed by atoms with E-state index >= 15 is 0 Å². The van der Waals surface area contributed by atoms with Crippen LogP contribution in [-0.2, 0) is 0 Å². The number of aliphatic hydroxyl groups excluding tert-OH is 2. The van der Waals surface area contributed by atoms with Gasteiger partial charge in [-0.1, -0.05) is 18.2 Å². The minimum Gasteiger partial charge on any atom is -0.493 e. The van der Waals surface area contributed by atoms with Gasteiger partial charge < -0.3 is 14.9 Å². The highest BCUT2D eigenvalue weighted by molar-refractivity contribution is 5.35. The Labute approximate surface area is 77.6 Å². The largest absolute Gasteiger partial charge is 0.493 e. The van der Waals surface area contributed by atoms with Gasteiger partial charge in [0.1, 0.15) is 11.9 Å². The van der Waals surface area contributed by atoms with Crippen LogP contribution in [0.1, 0.15) is 18.6 Å². The third-order valence-corrected chi connectivity index (χ3v) is 1.75. The van der Waals surface area contributed by atoms with Crippen molar-refractivity contribution in [3.8, 4) is 5.75 Å². The number of hydrogen-bond donors (Lipinski definition) is 2. The molecule has 3 nitrogen and oxygen atoms in total. The molecule has 3 heteroatoms. The fourth-order valence-electron chi connectivity index (χ4n) is 1.14. The smallest absolute Gasteiger partial charge is 0.125 e. The van der Waals surface area contributed by atoms with Crippen LogP contribution < -0.4 is 4.74 Å². The average molecular weight is 182 g/mol. The van der Waals surface area contributed by atoms with Gasteiger partial charge in [-0.25, -0.2) is 0 Å². The van der Waals surface area contributed by atoms with Gasteiger partial charge in [-0.2, -0.15) is 0 Å². The molecule has 1 unspecified atom stereocenters. The predicted molar refractivity (Wildman–Crippen MR) is 49.7 cm³/mol. The van der Waals surface area contributed by atoms with Crippen LogP contribution in [0.4, 0.5) is 0 Å². The third kappa shape index (κ3) is 2.44. The van der Waals surface area contributed by atoms with E-state index in [4.69, 9.17) is 9.84 Å². The fraction of sp³-hybridized carbons (Fsp3) is 0.400. The number of benzene rings is 1. The molecule has 0 aliphatic heterocycles. The first-order valence-electron chi connectivity index (χ1n) is 4.30. The van der Waals surface area contributed by atoms with Gasteiger partial charge in [-0.15, -0.1) is 0 Å². The number of para-hydroxylation sites is 1. The summed E-state index contributed by atoms with van der Waals surface area (Å²) in [7, 11) is 0. The van der Waals surface area contributed by atoms with Gasteiger partial charge in [-0.3, -0.25) is 0 Å². The molecule has 0 fully saturated rings. The highest BCUT2D eigenvalue weighted by Crippen LogP contribution is 2.24. The maximum Gasteiger partial charge on any atom is 0.125 e. The van der Waals surface area contributed by atoms with Gasteiger partial charge in [0, 0.05) is 5.56 Å². The van der Waals surface area contributed by atoms with E-state index in [0.29, 0.717) is 17.9 Å². The maximum absolute atomic E-state index is 9.41. The molecule has 1 atom stereocenters. The van der Waals surface area contributed by atoms with Crippen LogP contribution >= 0.6 is 0 Å². The quantitative estimate of drug-likeness (QED) is 0.733. The van der Waals surface area contributed by atoms with Crippen LogP contribution in [0, 0.1) is 0 Å². The zero-order chi connectivity index (χ0) is 9.68. The van der Waals surface area contributed by atoms with E-state index < -0.39 is 6.10 Å². The molecule has 0 saturated carbocycles. The molecule has 2 N–H and O–H groups in total. The molecule has 0 saturated heterocycles. The van der Waals surface area contributed by atoms with E-state index in [2.05, 4.69) is 0 Å². The summed E-state index contributed by atoms with van der Waals surface area (Å²) in [5, 5.41) is 18.2. The molecule has 13 heavy (non-hydrogen) atoms. The van der Waals surface area contributed by atoms with E-state index in [9.17, 15) is 5.11 Å². The lowest BCUT2D eigenvalue weighted by molar-refractivity contribution is 0.0927. The summed E-state index contributed by atoms with van der Waals surface area (Å²) in [6, 6.07) is 7.15. The average Bonchev–Trinajstić information content (AvgIpc) is 2.18. The third-order valence-electron chi connectivity index (χ3n) is 1.75. The number of ether oxygens (including phenoxy) is 1. The van der Waals surface area contributed by atoms with Crippen LogP contribution in [0.3, 0.4) is 0 Å². The Morgan fingerprint density at radius 3 is 2.69 bits per heavy atom. The van der Waals surface area contributed by atoms with Crippen molar-refractivity contribution in [3.05, 3.63) is 29.8 Å². The van der Waals surface area contributed by atoms with E-state index in [1.165, 1.54) is 0 Å². The van der Waals surface area contributed by atoms with Crippen LogP contribution in [0.5, 0.6) is 5.75 Å². The van der Waals surface area contributed by atoms with Crippen molar-refractivity contribution >= 4 is 0 Å². The maximum atomic E-state index is 9.41. The first kappa shape index (κ1) is 10.0. The Kier molecular flexibility index (Phi) is 3.73. The van der Waals surface area contributed by atoms with Crippen molar-refractivity contribution in [1.82, 2.24) is 0 Å². The zero-order valence-corrected chi connectivity index (χ0v) is 7.60. The Morgan fingerprint density at radius 2 is 2.08 bits per heavy atom. The summed E-state index contributed by atoms with van der Waals surface area (Å²) in [5.41, 5.74) is 0.631. The molecule has 72 valence electrons. The van der Waals surface area contributed by atoms with Gasteiger partial charge in [0.25, 0.3) is 0 Å². The van der Waals surface area contributed by atoms with Gasteiger partial charge in [0.15, 0.2) is 0 Å². The van der Waals surface area contributed by atoms with Crippen molar-refractivity contribution in [1.29, 1.82) is 0 Å². The number of rotatable bonds is 4. The first-order valence-corrected chi connectivity index (χ1v) is 4.30. The van der Waals surface area contributed by atoms with Crippen LogP contribution in [0.2, 0.25) is 0 Å². The second-order valence-electron chi connectivity index (χ2n) is 2.67. The Morgan fingerprint density at radius 1 is 1.38 bits per heavy atom. The summed E-state index contributed by atoms with van der Waals surface area (Å²) in [4.78, 5) is 0. The lowest BCUT2D eigenvalue weighted by Crippen LogP contribution is -2.05. The molecule has 0 bridgehead atoms. The Hall–Kier alpha value is -1.06. The summed E-state index contributed by atoms with van der Waals surface area (Å²) >= 11 is 0. The zero-order valence-electron chi connectivity index (χ0n) is 7.60. The monoisotopic (exact) mass is 182 g/mol. The van der Waals surface area contributed by atoms with E-state index in [1.54, 1.807) is 18.2 Å². The van der Waals surface area contributed by atoms with Crippen molar-refractivity contribution in [2.24, 2.45) is 0 Å². The van der Waals surface area contributed by atoms with Crippen molar-refractivity contribution in [2.45, 2.75) is 13.0 Å². The summed E-state index contributed by atoms with van der Waals surface area (Å²) < 4.78 is 5.29. The molecular formula is C10H14O3. The van der Waals surface area contributed by atoms with Gasteiger partial charge >= 0.3 is 0 Å². The number of aliphatic hydroxyl groups is 2. The summed E-state index contributed by atoms with van der Waals surface area (Å²) in [6.45, 7) is 2.14. The highest BCUT2D eigenvalue weighted by atomic mass is 16.5. The van der Waals surface area contributed by atoms with Gasteiger partial charge in [0.2, 0.25) is 0 Å². The van der Waals surface area contributed by atoms with Crippen molar-refractivity contribution in [3.63, 3.8) is 0 Å². The molecule has 0 spiro atoms. The second-order valence-corrected chi connectivity index (χ2v) is 2.67. The van der Waals surface area contributed by atoms with Gasteiger partial charge in [0.05, 0.1) is 13.2 Å². The normalized spacial score (nSPS) is 12.5. The highest BCUT2D eigenvalue weighted by Gasteiger charge is 2.10. The molecule has 0 amide bonds. The Bertz CT molecular complexity index is 260. The molecule has 0 radical (unpaired) electrons. The first-order chi connectivity index (χ1) is 6.29. The van der Waals surface area contributed by atoms with Crippen LogP contribution in [0.25, 0.3) is 0 Å². The molecule has 1 aromatic carbocycles. The molecular weight excluding hydrogens is 168 g/mol. The van der Waals surface area contributed by atoms with Crippen molar-refractivity contribution < 1.29 is 14.9 Å². The summed E-state index contributed by atoms with van der Waals surface area (Å²) in [5.74, 6) is 0.631. The number of hydrogen-bond acceptors (Lipinski definition) is 3. The lowest BCUT2D eigenvalue weighted by Gasteiger charge is -2.12. The van der Waals surface area contributed by atoms with Crippen LogP contribution in [-0.4, -0.2) is 23.4 Å². The predicted octanol–water partition coefficient (Wildman–Crippen LogP) is 1.11. The summed E-state index contributed by atoms with van der Waals surface area (Å²) in [6.07, 6.45) is -0.859. The molecule has 0 aliphatic rings. The minimum atomic E-state index is -0.859. The van der Waals surface area contributed by atoms with Crippen molar-refractivity contribution in [2.75, 3.05) is 13.2 Å². The lowest BCUT2D eigenvalue weighted by atomic mass is 10.1. The van der Waals surface area contributed by atoms with Crippen LogP contribution in [0.15, 0.2) is 24.3 Å². The van der Waals surface area contributed by atoms with Gasteiger partial charge in [-0.05, 0) is 13.0 Å². The van der Waals surface area contributed by atoms with E-state index in [-0.39, 0.29) is 6.61 Å². The Balaban J connectivity index is 2.90. The molecule has 1 rings (SSSR count). The molecule has 0 aromatic heterocycles. The minimum absolute atomic E-state index is 0.288. The standard InChI is InChI=1S/C10H14O3/c1-2-13-10-6-4-3-5-8(10)9(12)7-11/h3-6,9,11-12H,2,7H2,1H3. The SMILES string of the molecule is CCOc1ccccc1C(O)CO. The molecule has 0 heterocycles. The molecule has 1 aromatic rings. The molecule has 0 aliphatic carbocycles. The van der Waals surface area contributed by atoms with E-state index in [0.717, 1.165) is 0 Å². The second kappa shape index (κ2) is 4.84. The topological polar surface area (TPSA) is 49.7 Å².